The second-order valence-electron chi connectivity index (χ2n) is 10.9. The molecular weight excluding hydrogens is 448 g/mol. The third kappa shape index (κ3) is 5.40. The largest absolute Gasteiger partial charge is 0.432 e. The van der Waals surface area contributed by atoms with Crippen LogP contribution in [0.3, 0.4) is 0 Å². The Kier molecular flexibility index (Phi) is 7.81. The molecule has 34 heavy (non-hydrogen) atoms. The van der Waals surface area contributed by atoms with Crippen molar-refractivity contribution in [1.29, 1.82) is 0 Å². The second kappa shape index (κ2) is 10.5. The highest BCUT2D eigenvalue weighted by Gasteiger charge is 2.50. The molecule has 3 fully saturated rings. The molecule has 0 bridgehead atoms. The van der Waals surface area contributed by atoms with E-state index in [2.05, 4.69) is 19.1 Å². The van der Waals surface area contributed by atoms with Crippen LogP contribution in [-0.2, 0) is 20.7 Å². The van der Waals surface area contributed by atoms with E-state index < -0.39 is 8.32 Å². The normalized spacial score (nSPS) is 29.9. The van der Waals surface area contributed by atoms with Gasteiger partial charge in [0, 0.05) is 30.7 Å². The predicted molar refractivity (Wildman–Crippen MR) is 134 cm³/mol. The molecule has 0 saturated carbocycles. The molecule has 3 saturated heterocycles. The zero-order valence-corrected chi connectivity index (χ0v) is 21.8. The van der Waals surface area contributed by atoms with Crippen molar-refractivity contribution in [3.63, 3.8) is 0 Å². The van der Waals surface area contributed by atoms with E-state index in [0.717, 1.165) is 44.3 Å². The minimum absolute atomic E-state index is 0.00204. The maximum absolute atomic E-state index is 13.1. The van der Waals surface area contributed by atoms with Crippen LogP contribution in [0.15, 0.2) is 24.3 Å². The van der Waals surface area contributed by atoms with Crippen LogP contribution < -0.4 is 4.90 Å². The molecule has 1 aromatic rings. The van der Waals surface area contributed by atoms with Crippen LogP contribution in [0.5, 0.6) is 0 Å². The van der Waals surface area contributed by atoms with Crippen LogP contribution in [0.1, 0.15) is 51.0 Å². The first kappa shape index (κ1) is 25.4. The van der Waals surface area contributed by atoms with Crippen molar-refractivity contribution in [2.75, 3.05) is 24.6 Å². The van der Waals surface area contributed by atoms with Gasteiger partial charge < -0.3 is 24.4 Å². The summed E-state index contributed by atoms with van der Waals surface area (Å²) >= 11 is 0. The third-order valence-electron chi connectivity index (χ3n) is 8.02. The first-order valence-electron chi connectivity index (χ1n) is 12.9. The molecule has 0 spiro atoms. The number of aliphatic hydroxyl groups is 1. The molecule has 3 heterocycles. The molecule has 2 amide bonds. The maximum atomic E-state index is 13.1. The molecule has 4 rings (SSSR count). The van der Waals surface area contributed by atoms with Crippen LogP contribution in [-0.4, -0.2) is 72.9 Å². The number of nitrogens with zero attached hydrogens (tertiary/aromatic N) is 2. The molecule has 5 atom stereocenters. The van der Waals surface area contributed by atoms with Gasteiger partial charge in [0.15, 0.2) is 8.32 Å². The average Bonchev–Trinajstić information content (AvgIpc) is 3.50. The number of aryl methyl sites for hydroxylation is 1. The number of aliphatic hydroxyl groups excluding tert-OH is 1. The van der Waals surface area contributed by atoms with Gasteiger partial charge in [-0.05, 0) is 68.8 Å². The molecule has 188 valence electrons. The number of amides is 2. The molecule has 3 aliphatic rings. The van der Waals surface area contributed by atoms with Gasteiger partial charge in [-0.25, -0.2) is 0 Å². The highest BCUT2D eigenvalue weighted by Crippen LogP contribution is 2.46. The Morgan fingerprint density at radius 2 is 2.00 bits per heavy atom. The quantitative estimate of drug-likeness (QED) is 0.549. The molecule has 0 radical (unpaired) electrons. The molecule has 3 aliphatic heterocycles. The minimum atomic E-state index is -2.56. The topological polar surface area (TPSA) is 90.3 Å². The van der Waals surface area contributed by atoms with Crippen molar-refractivity contribution >= 4 is 25.8 Å². The lowest BCUT2D eigenvalue weighted by atomic mass is 9.95. The molecule has 0 aromatic heterocycles. The van der Waals surface area contributed by atoms with E-state index in [1.807, 2.05) is 30.1 Å². The Bertz CT molecular complexity index is 888. The number of benzene rings is 1. The van der Waals surface area contributed by atoms with E-state index in [1.54, 1.807) is 4.90 Å². The number of ether oxygens (including phenoxy) is 1. The monoisotopic (exact) mass is 488 g/mol. The van der Waals surface area contributed by atoms with E-state index in [4.69, 9.17) is 4.74 Å². The zero-order valence-electron chi connectivity index (χ0n) is 20.8. The van der Waals surface area contributed by atoms with Gasteiger partial charge in [0.2, 0.25) is 11.8 Å². The first-order chi connectivity index (χ1) is 16.2. The number of carbonyl (C=O) groups excluding carboxylic acids is 2. The van der Waals surface area contributed by atoms with Crippen LogP contribution >= 0.6 is 0 Å². The number of carbonyl (C=O) groups is 2. The Morgan fingerprint density at radius 3 is 2.68 bits per heavy atom. The summed E-state index contributed by atoms with van der Waals surface area (Å²) in [5.74, 6) is 0.387. The summed E-state index contributed by atoms with van der Waals surface area (Å²) in [5.41, 5.74) is 2.13. The van der Waals surface area contributed by atoms with Crippen molar-refractivity contribution in [2.45, 2.75) is 88.8 Å². The number of anilines is 1. The number of hydrogen-bond donors (Lipinski definition) is 2. The van der Waals surface area contributed by atoms with E-state index in [9.17, 15) is 19.5 Å². The Labute approximate surface area is 204 Å². The van der Waals surface area contributed by atoms with Gasteiger partial charge in [-0.3, -0.25) is 9.59 Å². The Balaban J connectivity index is 1.41. The van der Waals surface area contributed by atoms with E-state index >= 15 is 0 Å². The first-order valence-corrected chi connectivity index (χ1v) is 15.9. The smallest absolute Gasteiger partial charge is 0.227 e. The zero-order chi connectivity index (χ0) is 24.5. The highest BCUT2D eigenvalue weighted by atomic mass is 28.4. The molecular formula is C26H40N2O5Si. The number of hydrogen-bond acceptors (Lipinski definition) is 5. The summed E-state index contributed by atoms with van der Waals surface area (Å²) in [6, 6.07) is 8.12. The summed E-state index contributed by atoms with van der Waals surface area (Å²) in [7, 11) is -2.56. The lowest BCUT2D eigenvalue weighted by Gasteiger charge is -2.31. The van der Waals surface area contributed by atoms with Gasteiger partial charge in [0.05, 0.1) is 31.3 Å². The Morgan fingerprint density at radius 1 is 1.21 bits per heavy atom. The molecule has 1 aromatic carbocycles. The summed E-state index contributed by atoms with van der Waals surface area (Å²) in [6.07, 6.45) is 4.90. The van der Waals surface area contributed by atoms with Gasteiger partial charge in [0.25, 0.3) is 0 Å². The van der Waals surface area contributed by atoms with E-state index in [0.29, 0.717) is 13.0 Å². The predicted octanol–water partition coefficient (Wildman–Crippen LogP) is 3.09. The van der Waals surface area contributed by atoms with Crippen LogP contribution in [0, 0.1) is 5.92 Å². The van der Waals surface area contributed by atoms with E-state index in [1.165, 1.54) is 5.56 Å². The van der Waals surface area contributed by atoms with Gasteiger partial charge in [-0.15, -0.1) is 0 Å². The second-order valence-corrected chi connectivity index (χ2v) is 14.9. The highest BCUT2D eigenvalue weighted by molar-refractivity contribution is 6.71. The van der Waals surface area contributed by atoms with Gasteiger partial charge in [-0.2, -0.15) is 0 Å². The summed E-state index contributed by atoms with van der Waals surface area (Å²) in [4.78, 5) is 39.9. The minimum Gasteiger partial charge on any atom is -0.432 e. The van der Waals surface area contributed by atoms with Gasteiger partial charge >= 0.3 is 0 Å². The third-order valence-corrected chi connectivity index (χ3v) is 10.5. The van der Waals surface area contributed by atoms with Crippen LogP contribution in [0.2, 0.25) is 18.6 Å². The van der Waals surface area contributed by atoms with Gasteiger partial charge in [-0.1, -0.05) is 19.1 Å². The molecule has 0 unspecified atom stereocenters. The molecule has 8 heteroatoms. The Hall–Kier alpha value is -1.74. The summed E-state index contributed by atoms with van der Waals surface area (Å²) in [5, 5.41) is 9.61. The lowest BCUT2D eigenvalue weighted by Crippen LogP contribution is -2.43. The van der Waals surface area contributed by atoms with Crippen molar-refractivity contribution in [3.05, 3.63) is 29.8 Å². The fourth-order valence-electron chi connectivity index (χ4n) is 6.36. The molecule has 7 nitrogen and oxygen atoms in total. The standard InChI is InChI=1S/C26H40N2O5Si/c1-18-22(12-11-19-7-4-8-20(15-19)27-14-6-10-24(27)30)33-23(26(18)34(2,3)32)16-25(31)28-13-5-9-21(28)17-29/h4,7-8,15,18,21-23,26,29,32H,5-6,9-14,16-17H2,1-3H3/t18-,21+,22+,23-,26+/m1/s1. The van der Waals surface area contributed by atoms with Crippen LogP contribution in [0.4, 0.5) is 5.69 Å². The van der Waals surface area contributed by atoms with Crippen molar-refractivity contribution in [3.8, 4) is 0 Å². The maximum Gasteiger partial charge on any atom is 0.227 e. The average molecular weight is 489 g/mol. The SMILES string of the molecule is C[C@H]1[C@H]([Si](C)(C)O)[C@@H](CC(=O)N2CCC[C@H]2CO)O[C@H]1CCc1cccc(N2CCCC2=O)c1. The molecule has 2 N–H and O–H groups in total. The fraction of sp³-hybridized carbons (Fsp3) is 0.692. The van der Waals surface area contributed by atoms with Gasteiger partial charge in [0.1, 0.15) is 0 Å². The van der Waals surface area contributed by atoms with Crippen LogP contribution in [0.25, 0.3) is 0 Å². The summed E-state index contributed by atoms with van der Waals surface area (Å²) in [6.45, 7) is 7.52. The molecule has 0 aliphatic carbocycles. The number of likely N-dealkylation sites (tertiary alicyclic amines) is 1. The van der Waals surface area contributed by atoms with Crippen molar-refractivity contribution in [2.24, 2.45) is 5.92 Å². The van der Waals surface area contributed by atoms with Crippen molar-refractivity contribution < 1.29 is 24.2 Å². The number of rotatable bonds is 8. The fourth-order valence-corrected chi connectivity index (χ4v) is 8.97. The lowest BCUT2D eigenvalue weighted by molar-refractivity contribution is -0.135. The summed E-state index contributed by atoms with van der Waals surface area (Å²) < 4.78 is 6.48. The van der Waals surface area contributed by atoms with E-state index in [-0.39, 0.29) is 54.6 Å². The van der Waals surface area contributed by atoms with Crippen molar-refractivity contribution in [1.82, 2.24) is 4.90 Å².